The largest absolute Gasteiger partial charge is 0.317 e. The summed E-state index contributed by atoms with van der Waals surface area (Å²) in [5, 5.41) is 3.42. The second-order valence-corrected chi connectivity index (χ2v) is 6.76. The molecule has 0 radical (unpaired) electrons. The third kappa shape index (κ3) is 5.04. The molecule has 0 saturated carbocycles. The van der Waals surface area contributed by atoms with E-state index < -0.39 is 0 Å². The first-order valence-corrected chi connectivity index (χ1v) is 9.64. The van der Waals surface area contributed by atoms with Crippen LogP contribution in [0.1, 0.15) is 37.3 Å². The summed E-state index contributed by atoms with van der Waals surface area (Å²) < 4.78 is 0. The number of likely N-dealkylation sites (tertiary alicyclic amines) is 1. The van der Waals surface area contributed by atoms with Crippen LogP contribution in [0.2, 0.25) is 0 Å². The minimum atomic E-state index is 1.07. The molecule has 2 aromatic rings. The summed E-state index contributed by atoms with van der Waals surface area (Å²) in [6, 6.07) is 21.8. The van der Waals surface area contributed by atoms with Gasteiger partial charge in [-0.05, 0) is 55.6 Å². The van der Waals surface area contributed by atoms with Gasteiger partial charge in [0, 0.05) is 13.1 Å². The summed E-state index contributed by atoms with van der Waals surface area (Å²) in [6.45, 7) is 7.97. The zero-order valence-corrected chi connectivity index (χ0v) is 15.4. The number of hydrogen-bond acceptors (Lipinski definition) is 2. The predicted octanol–water partition coefficient (Wildman–Crippen LogP) is 4.58. The number of hydrogen-bond donors (Lipinski definition) is 1. The zero-order valence-electron chi connectivity index (χ0n) is 15.4. The average Bonchev–Trinajstić information content (AvgIpc) is 2.68. The van der Waals surface area contributed by atoms with Gasteiger partial charge in [0.05, 0.1) is 0 Å². The highest BCUT2D eigenvalue weighted by Crippen LogP contribution is 2.32. The molecule has 0 aliphatic carbocycles. The molecule has 1 heterocycles. The number of benzene rings is 2. The third-order valence-corrected chi connectivity index (χ3v) is 5.02. The topological polar surface area (TPSA) is 15.3 Å². The molecule has 3 rings (SSSR count). The number of rotatable bonds is 7. The SMILES string of the molecule is CCNCCCN1CCC(=C(c2ccccc2)c2ccccc2)CC1. The maximum atomic E-state index is 3.42. The molecule has 0 bridgehead atoms. The van der Waals surface area contributed by atoms with Gasteiger partial charge >= 0.3 is 0 Å². The van der Waals surface area contributed by atoms with Gasteiger partial charge < -0.3 is 10.2 Å². The Labute approximate surface area is 152 Å². The van der Waals surface area contributed by atoms with Gasteiger partial charge in [0.15, 0.2) is 0 Å². The Kier molecular flexibility index (Phi) is 6.84. The van der Waals surface area contributed by atoms with Crippen LogP contribution in [-0.4, -0.2) is 37.6 Å². The Hall–Kier alpha value is -1.90. The lowest BCUT2D eigenvalue weighted by molar-refractivity contribution is 0.253. The Bertz CT molecular complexity index is 610. The molecule has 25 heavy (non-hydrogen) atoms. The fourth-order valence-electron chi connectivity index (χ4n) is 3.69. The van der Waals surface area contributed by atoms with Gasteiger partial charge in [0.1, 0.15) is 0 Å². The van der Waals surface area contributed by atoms with E-state index in [9.17, 15) is 0 Å². The normalized spacial score (nSPS) is 15.3. The van der Waals surface area contributed by atoms with Crippen molar-refractivity contribution in [3.8, 4) is 0 Å². The molecular formula is C23H30N2. The standard InChI is InChI=1S/C23H30N2/c1-2-24-16-9-17-25-18-14-22(15-19-25)23(20-10-5-3-6-11-20)21-12-7-4-8-13-21/h3-8,10-13,24H,2,9,14-19H2,1H3. The Morgan fingerprint density at radius 2 is 1.44 bits per heavy atom. The molecule has 2 nitrogen and oxygen atoms in total. The van der Waals surface area contributed by atoms with Crippen LogP contribution in [0.15, 0.2) is 66.2 Å². The summed E-state index contributed by atoms with van der Waals surface area (Å²) >= 11 is 0. The number of piperidine rings is 1. The van der Waals surface area contributed by atoms with Crippen LogP contribution in [-0.2, 0) is 0 Å². The highest BCUT2D eigenvalue weighted by Gasteiger charge is 2.18. The Balaban J connectivity index is 1.74. The van der Waals surface area contributed by atoms with Gasteiger partial charge in [0.2, 0.25) is 0 Å². The molecule has 0 amide bonds. The molecule has 2 heteroatoms. The van der Waals surface area contributed by atoms with Crippen LogP contribution < -0.4 is 5.32 Å². The van der Waals surface area contributed by atoms with Crippen molar-refractivity contribution < 1.29 is 0 Å². The van der Waals surface area contributed by atoms with E-state index in [2.05, 4.69) is 77.8 Å². The van der Waals surface area contributed by atoms with Crippen molar-refractivity contribution >= 4 is 5.57 Å². The van der Waals surface area contributed by atoms with E-state index in [-0.39, 0.29) is 0 Å². The van der Waals surface area contributed by atoms with Crippen molar-refractivity contribution in [2.75, 3.05) is 32.7 Å². The van der Waals surface area contributed by atoms with Gasteiger partial charge in [-0.2, -0.15) is 0 Å². The minimum Gasteiger partial charge on any atom is -0.317 e. The van der Waals surface area contributed by atoms with Crippen LogP contribution >= 0.6 is 0 Å². The van der Waals surface area contributed by atoms with Crippen LogP contribution in [0.4, 0.5) is 0 Å². The summed E-state index contributed by atoms with van der Waals surface area (Å²) in [4.78, 5) is 2.62. The lowest BCUT2D eigenvalue weighted by Gasteiger charge is -2.30. The molecule has 2 aromatic carbocycles. The van der Waals surface area contributed by atoms with E-state index in [1.807, 2.05) is 0 Å². The lowest BCUT2D eigenvalue weighted by Crippen LogP contribution is -2.33. The first-order valence-electron chi connectivity index (χ1n) is 9.64. The monoisotopic (exact) mass is 334 g/mol. The average molecular weight is 335 g/mol. The molecule has 1 fully saturated rings. The number of nitrogens with one attached hydrogen (secondary N) is 1. The van der Waals surface area contributed by atoms with Crippen molar-refractivity contribution in [3.05, 3.63) is 77.4 Å². The molecule has 0 aromatic heterocycles. The zero-order chi connectivity index (χ0) is 17.3. The fourth-order valence-corrected chi connectivity index (χ4v) is 3.69. The molecule has 132 valence electrons. The van der Waals surface area contributed by atoms with Crippen LogP contribution in [0.25, 0.3) is 5.57 Å². The molecule has 1 saturated heterocycles. The summed E-state index contributed by atoms with van der Waals surface area (Å²) in [7, 11) is 0. The molecular weight excluding hydrogens is 304 g/mol. The van der Waals surface area contributed by atoms with Gasteiger partial charge in [-0.1, -0.05) is 73.2 Å². The van der Waals surface area contributed by atoms with E-state index >= 15 is 0 Å². The molecule has 0 unspecified atom stereocenters. The molecule has 1 N–H and O–H groups in total. The van der Waals surface area contributed by atoms with Crippen molar-refractivity contribution in [3.63, 3.8) is 0 Å². The highest BCUT2D eigenvalue weighted by molar-refractivity contribution is 5.82. The summed E-state index contributed by atoms with van der Waals surface area (Å²) in [5.74, 6) is 0. The first-order chi connectivity index (χ1) is 12.4. The van der Waals surface area contributed by atoms with E-state index in [1.54, 1.807) is 5.57 Å². The quantitative estimate of drug-likeness (QED) is 0.745. The molecule has 0 spiro atoms. The fraction of sp³-hybridized carbons (Fsp3) is 0.391. The first kappa shape index (κ1) is 17.9. The summed E-state index contributed by atoms with van der Waals surface area (Å²) in [5.41, 5.74) is 5.77. The lowest BCUT2D eigenvalue weighted by atomic mass is 9.88. The second kappa shape index (κ2) is 9.55. The highest BCUT2D eigenvalue weighted by atomic mass is 15.1. The van der Waals surface area contributed by atoms with Gasteiger partial charge in [-0.15, -0.1) is 0 Å². The van der Waals surface area contributed by atoms with Crippen LogP contribution in [0.3, 0.4) is 0 Å². The minimum absolute atomic E-state index is 1.07. The molecule has 0 atom stereocenters. The van der Waals surface area contributed by atoms with Crippen LogP contribution in [0, 0.1) is 0 Å². The van der Waals surface area contributed by atoms with Crippen LogP contribution in [0.5, 0.6) is 0 Å². The predicted molar refractivity (Wildman–Crippen MR) is 108 cm³/mol. The summed E-state index contributed by atoms with van der Waals surface area (Å²) in [6.07, 6.45) is 3.61. The smallest absolute Gasteiger partial charge is 0.00191 e. The van der Waals surface area contributed by atoms with E-state index in [1.165, 1.54) is 55.6 Å². The maximum Gasteiger partial charge on any atom is 0.00191 e. The maximum absolute atomic E-state index is 3.42. The molecule has 1 aliphatic rings. The second-order valence-electron chi connectivity index (χ2n) is 6.76. The van der Waals surface area contributed by atoms with Gasteiger partial charge in [0.25, 0.3) is 0 Å². The van der Waals surface area contributed by atoms with Crippen molar-refractivity contribution in [2.45, 2.75) is 26.2 Å². The Morgan fingerprint density at radius 3 is 1.96 bits per heavy atom. The van der Waals surface area contributed by atoms with E-state index in [4.69, 9.17) is 0 Å². The Morgan fingerprint density at radius 1 is 0.880 bits per heavy atom. The van der Waals surface area contributed by atoms with Gasteiger partial charge in [-0.3, -0.25) is 0 Å². The van der Waals surface area contributed by atoms with Crippen molar-refractivity contribution in [1.82, 2.24) is 10.2 Å². The van der Waals surface area contributed by atoms with Gasteiger partial charge in [-0.25, -0.2) is 0 Å². The number of nitrogens with zero attached hydrogens (tertiary/aromatic N) is 1. The third-order valence-electron chi connectivity index (χ3n) is 5.02. The van der Waals surface area contributed by atoms with Crippen molar-refractivity contribution in [2.24, 2.45) is 0 Å². The molecule has 1 aliphatic heterocycles. The van der Waals surface area contributed by atoms with E-state index in [0.717, 1.165) is 13.1 Å². The van der Waals surface area contributed by atoms with Crippen molar-refractivity contribution in [1.29, 1.82) is 0 Å². The van der Waals surface area contributed by atoms with E-state index in [0.29, 0.717) is 0 Å².